The Bertz CT molecular complexity index is 676. The number of carbonyl (C=O) groups is 1. The number of aliphatic imine (C=N–C) groups is 1. The predicted molar refractivity (Wildman–Crippen MR) is 110 cm³/mol. The quantitative estimate of drug-likeness (QED) is 0.273. The predicted octanol–water partition coefficient (Wildman–Crippen LogP) is 3.53. The number of hydrogen-bond donors (Lipinski definition) is 2. The Morgan fingerprint density at radius 3 is 2.46 bits per heavy atom. The van der Waals surface area contributed by atoms with E-state index < -0.39 is 17.6 Å². The van der Waals surface area contributed by atoms with E-state index in [0.717, 1.165) is 44.5 Å². The van der Waals surface area contributed by atoms with Crippen molar-refractivity contribution in [1.82, 2.24) is 15.5 Å². The van der Waals surface area contributed by atoms with Gasteiger partial charge in [-0.3, -0.25) is 4.79 Å². The molecule has 0 unspecified atom stereocenters. The normalized spacial score (nSPS) is 15.0. The van der Waals surface area contributed by atoms with Gasteiger partial charge in [0.25, 0.3) is 0 Å². The summed E-state index contributed by atoms with van der Waals surface area (Å²) >= 11 is 0. The van der Waals surface area contributed by atoms with Crippen LogP contribution in [-0.4, -0.2) is 42.9 Å². The minimum absolute atomic E-state index is 0. The highest BCUT2D eigenvalue weighted by Crippen LogP contribution is 2.32. The minimum Gasteiger partial charge on any atom is -0.357 e. The van der Waals surface area contributed by atoms with Gasteiger partial charge in [0.15, 0.2) is 5.96 Å². The van der Waals surface area contributed by atoms with Crippen LogP contribution in [0.25, 0.3) is 0 Å². The van der Waals surface area contributed by atoms with Crippen LogP contribution < -0.4 is 10.6 Å². The first-order valence-corrected chi connectivity index (χ1v) is 8.97. The highest BCUT2D eigenvalue weighted by molar-refractivity contribution is 14.0. The first-order chi connectivity index (χ1) is 12.8. The Labute approximate surface area is 179 Å². The SMILES string of the molecule is CCNC(=NCc1ccc(F)cc1C(F)(F)F)NCC(=O)N1CCCCC1.I. The first kappa shape index (κ1) is 24.4. The van der Waals surface area contributed by atoms with E-state index in [0.29, 0.717) is 12.6 Å². The number of amides is 1. The summed E-state index contributed by atoms with van der Waals surface area (Å²) in [5.41, 5.74) is -1.19. The van der Waals surface area contributed by atoms with Gasteiger partial charge in [0.2, 0.25) is 5.91 Å². The third-order valence-electron chi connectivity index (χ3n) is 4.24. The van der Waals surface area contributed by atoms with Crippen molar-refractivity contribution in [2.24, 2.45) is 4.99 Å². The summed E-state index contributed by atoms with van der Waals surface area (Å²) in [6.45, 7) is 3.46. The summed E-state index contributed by atoms with van der Waals surface area (Å²) in [5.74, 6) is -0.786. The van der Waals surface area contributed by atoms with E-state index in [2.05, 4.69) is 15.6 Å². The molecule has 0 bridgehead atoms. The maximum atomic E-state index is 13.2. The molecule has 1 fully saturated rings. The van der Waals surface area contributed by atoms with Crippen molar-refractivity contribution in [3.63, 3.8) is 0 Å². The Hall–Kier alpha value is -1.59. The molecule has 1 aromatic rings. The summed E-state index contributed by atoms with van der Waals surface area (Å²) in [6.07, 6.45) is -1.60. The van der Waals surface area contributed by atoms with E-state index in [1.54, 1.807) is 4.90 Å². The van der Waals surface area contributed by atoms with Crippen LogP contribution >= 0.6 is 24.0 Å². The molecular formula is C18H25F4IN4O. The number of piperidine rings is 1. The monoisotopic (exact) mass is 516 g/mol. The Balaban J connectivity index is 0.00000392. The Morgan fingerprint density at radius 1 is 1.18 bits per heavy atom. The maximum absolute atomic E-state index is 13.2. The lowest BCUT2D eigenvalue weighted by atomic mass is 10.1. The number of rotatable bonds is 5. The molecule has 0 aromatic heterocycles. The summed E-state index contributed by atoms with van der Waals surface area (Å²) in [7, 11) is 0. The lowest BCUT2D eigenvalue weighted by molar-refractivity contribution is -0.138. The zero-order chi connectivity index (χ0) is 19.9. The van der Waals surface area contributed by atoms with Crippen molar-refractivity contribution in [1.29, 1.82) is 0 Å². The molecule has 1 aromatic carbocycles. The standard InChI is InChI=1S/C18H24F4N4O.HI/c1-2-23-17(25-12-16(27)26-8-4-3-5-9-26)24-11-13-6-7-14(19)10-15(13)18(20,21)22;/h6-7,10H,2-5,8-9,11-12H2,1H3,(H2,23,24,25);1H. The summed E-state index contributed by atoms with van der Waals surface area (Å²) in [4.78, 5) is 18.1. The van der Waals surface area contributed by atoms with Crippen molar-refractivity contribution >= 4 is 35.8 Å². The molecule has 0 saturated carbocycles. The molecule has 1 aliphatic rings. The van der Waals surface area contributed by atoms with Crippen LogP contribution in [0, 0.1) is 5.82 Å². The Morgan fingerprint density at radius 2 is 1.86 bits per heavy atom. The van der Waals surface area contributed by atoms with Crippen molar-refractivity contribution in [3.05, 3.63) is 35.1 Å². The van der Waals surface area contributed by atoms with Crippen molar-refractivity contribution in [3.8, 4) is 0 Å². The lowest BCUT2D eigenvalue weighted by Crippen LogP contribution is -2.46. The van der Waals surface area contributed by atoms with Gasteiger partial charge in [-0.05, 0) is 43.9 Å². The molecule has 0 radical (unpaired) electrons. The zero-order valence-electron chi connectivity index (χ0n) is 15.6. The molecule has 158 valence electrons. The molecule has 1 amide bonds. The molecule has 5 nitrogen and oxygen atoms in total. The van der Waals surface area contributed by atoms with E-state index in [-0.39, 0.29) is 54.5 Å². The molecule has 1 heterocycles. The van der Waals surface area contributed by atoms with Gasteiger partial charge in [0.05, 0.1) is 18.7 Å². The maximum Gasteiger partial charge on any atom is 0.416 e. The average Bonchev–Trinajstić information content (AvgIpc) is 2.64. The number of hydrogen-bond acceptors (Lipinski definition) is 2. The van der Waals surface area contributed by atoms with Gasteiger partial charge in [-0.1, -0.05) is 6.07 Å². The van der Waals surface area contributed by atoms with Crippen LogP contribution in [0.15, 0.2) is 23.2 Å². The highest BCUT2D eigenvalue weighted by Gasteiger charge is 2.33. The first-order valence-electron chi connectivity index (χ1n) is 8.97. The van der Waals surface area contributed by atoms with Gasteiger partial charge in [0, 0.05) is 19.6 Å². The smallest absolute Gasteiger partial charge is 0.357 e. The summed E-state index contributed by atoms with van der Waals surface area (Å²) in [6, 6.07) is 2.51. The molecule has 1 aliphatic heterocycles. The molecule has 1 saturated heterocycles. The number of carbonyl (C=O) groups excluding carboxylic acids is 1. The van der Waals surface area contributed by atoms with Gasteiger partial charge in [-0.25, -0.2) is 9.38 Å². The second-order valence-corrected chi connectivity index (χ2v) is 6.29. The second-order valence-electron chi connectivity index (χ2n) is 6.29. The van der Waals surface area contributed by atoms with E-state index in [4.69, 9.17) is 0 Å². The third-order valence-corrected chi connectivity index (χ3v) is 4.24. The molecule has 10 heteroatoms. The number of guanidine groups is 1. The van der Waals surface area contributed by atoms with Gasteiger partial charge in [-0.15, -0.1) is 24.0 Å². The second kappa shape index (κ2) is 11.4. The van der Waals surface area contributed by atoms with Gasteiger partial charge >= 0.3 is 6.18 Å². The van der Waals surface area contributed by atoms with Crippen LogP contribution in [0.4, 0.5) is 17.6 Å². The molecule has 0 spiro atoms. The van der Waals surface area contributed by atoms with Gasteiger partial charge in [0.1, 0.15) is 5.82 Å². The summed E-state index contributed by atoms with van der Waals surface area (Å²) in [5, 5.41) is 5.74. The molecule has 2 rings (SSSR count). The number of alkyl halides is 3. The van der Waals surface area contributed by atoms with Crippen LogP contribution in [0.5, 0.6) is 0 Å². The van der Waals surface area contributed by atoms with Crippen molar-refractivity contribution in [2.45, 2.75) is 38.9 Å². The van der Waals surface area contributed by atoms with Crippen LogP contribution in [0.1, 0.15) is 37.3 Å². The van der Waals surface area contributed by atoms with Crippen LogP contribution in [-0.2, 0) is 17.5 Å². The number of nitrogens with one attached hydrogen (secondary N) is 2. The number of benzene rings is 1. The van der Waals surface area contributed by atoms with E-state index >= 15 is 0 Å². The van der Waals surface area contributed by atoms with Gasteiger partial charge < -0.3 is 15.5 Å². The fraction of sp³-hybridized carbons (Fsp3) is 0.556. The van der Waals surface area contributed by atoms with Crippen LogP contribution in [0.2, 0.25) is 0 Å². The highest BCUT2D eigenvalue weighted by atomic mass is 127. The largest absolute Gasteiger partial charge is 0.416 e. The number of halogens is 5. The minimum atomic E-state index is -4.66. The van der Waals surface area contributed by atoms with Gasteiger partial charge in [-0.2, -0.15) is 13.2 Å². The van der Waals surface area contributed by atoms with Crippen molar-refractivity contribution in [2.75, 3.05) is 26.2 Å². The summed E-state index contributed by atoms with van der Waals surface area (Å²) < 4.78 is 52.4. The van der Waals surface area contributed by atoms with Crippen LogP contribution in [0.3, 0.4) is 0 Å². The number of likely N-dealkylation sites (tertiary alicyclic amines) is 1. The molecule has 0 atom stereocenters. The lowest BCUT2D eigenvalue weighted by Gasteiger charge is -2.27. The molecular weight excluding hydrogens is 491 g/mol. The van der Waals surface area contributed by atoms with E-state index in [1.807, 2.05) is 6.92 Å². The zero-order valence-corrected chi connectivity index (χ0v) is 17.9. The Kier molecular flexibility index (Phi) is 9.97. The van der Waals surface area contributed by atoms with E-state index in [1.165, 1.54) is 0 Å². The molecule has 0 aliphatic carbocycles. The number of nitrogens with zero attached hydrogens (tertiary/aromatic N) is 2. The molecule has 28 heavy (non-hydrogen) atoms. The molecule has 2 N–H and O–H groups in total. The fourth-order valence-corrected chi connectivity index (χ4v) is 2.87. The third kappa shape index (κ3) is 7.44. The fourth-order valence-electron chi connectivity index (χ4n) is 2.87. The topological polar surface area (TPSA) is 56.7 Å². The van der Waals surface area contributed by atoms with E-state index in [9.17, 15) is 22.4 Å². The average molecular weight is 516 g/mol. The van der Waals surface area contributed by atoms with Crippen molar-refractivity contribution < 1.29 is 22.4 Å².